The number of aryl methyl sites for hydroxylation is 1. The van der Waals surface area contributed by atoms with Gasteiger partial charge in [0.05, 0.1) is 5.69 Å². The van der Waals surface area contributed by atoms with Crippen LogP contribution in [0.1, 0.15) is 50.8 Å². The Balaban J connectivity index is 1.25. The molecule has 0 spiro atoms. The summed E-state index contributed by atoms with van der Waals surface area (Å²) in [5, 5.41) is 3.57. The molecule has 0 unspecified atom stereocenters. The molecular weight excluding hydrogens is 528 g/mol. The van der Waals surface area contributed by atoms with Gasteiger partial charge in [0.2, 0.25) is 0 Å². The number of nitrogens with one attached hydrogen (secondary N) is 1. The van der Waals surface area contributed by atoms with Gasteiger partial charge in [-0.25, -0.2) is 18.6 Å². The molecule has 1 amide bonds. The lowest BCUT2D eigenvalue weighted by molar-refractivity contribution is 0.0240. The number of benzene rings is 2. The van der Waals surface area contributed by atoms with E-state index in [0.29, 0.717) is 56.1 Å². The monoisotopic (exact) mass is 565 g/mol. The van der Waals surface area contributed by atoms with E-state index in [1.807, 2.05) is 37.8 Å². The highest BCUT2D eigenvalue weighted by molar-refractivity contribution is 5.68. The van der Waals surface area contributed by atoms with Gasteiger partial charge < -0.3 is 19.9 Å². The first-order valence-electron chi connectivity index (χ1n) is 14.2. The number of aromatic nitrogens is 2. The quantitative estimate of drug-likeness (QED) is 0.401. The Hall–Kier alpha value is -3.79. The van der Waals surface area contributed by atoms with Crippen molar-refractivity contribution in [3.05, 3.63) is 88.0 Å². The molecule has 2 atom stereocenters. The number of carbonyl (C=O) groups is 1. The molecule has 2 heterocycles. The van der Waals surface area contributed by atoms with Gasteiger partial charge in [0, 0.05) is 50.0 Å². The molecule has 1 aromatic heterocycles. The lowest BCUT2D eigenvalue weighted by atomic mass is 10.1. The van der Waals surface area contributed by atoms with Crippen molar-refractivity contribution in [3.8, 4) is 5.69 Å². The van der Waals surface area contributed by atoms with E-state index in [-0.39, 0.29) is 23.3 Å². The molecule has 0 bridgehead atoms. The van der Waals surface area contributed by atoms with Gasteiger partial charge >= 0.3 is 6.09 Å². The number of rotatable bonds is 8. The van der Waals surface area contributed by atoms with Crippen LogP contribution in [0.5, 0.6) is 0 Å². The van der Waals surface area contributed by atoms with E-state index in [0.717, 1.165) is 30.6 Å². The summed E-state index contributed by atoms with van der Waals surface area (Å²) in [6.45, 7) is 8.00. The smallest absolute Gasteiger partial charge is 0.410 e. The van der Waals surface area contributed by atoms with Crippen molar-refractivity contribution in [2.45, 2.75) is 57.6 Å². The molecule has 1 saturated carbocycles. The zero-order valence-corrected chi connectivity index (χ0v) is 23.8. The molecule has 5 rings (SSSR count). The number of hydrogen-bond donors (Lipinski definition) is 1. The molecule has 8 nitrogen and oxygen atoms in total. The van der Waals surface area contributed by atoms with Crippen LogP contribution in [0.2, 0.25) is 0 Å². The summed E-state index contributed by atoms with van der Waals surface area (Å²) in [5.74, 6) is 0.125. The first-order chi connectivity index (χ1) is 19.6. The highest BCUT2D eigenvalue weighted by Crippen LogP contribution is 2.40. The predicted octanol–water partition coefficient (Wildman–Crippen LogP) is 4.65. The maximum absolute atomic E-state index is 13.6. The molecule has 2 aliphatic rings. The van der Waals surface area contributed by atoms with Crippen molar-refractivity contribution in [2.24, 2.45) is 0 Å². The van der Waals surface area contributed by atoms with E-state index in [4.69, 9.17) is 9.72 Å². The van der Waals surface area contributed by atoms with Crippen molar-refractivity contribution in [3.63, 3.8) is 0 Å². The summed E-state index contributed by atoms with van der Waals surface area (Å²) in [5.41, 5.74) is 1.60. The van der Waals surface area contributed by atoms with Crippen LogP contribution in [0.15, 0.2) is 59.5 Å². The summed E-state index contributed by atoms with van der Waals surface area (Å²) >= 11 is 0. The third-order valence-electron chi connectivity index (χ3n) is 7.38. The van der Waals surface area contributed by atoms with Crippen molar-refractivity contribution >= 4 is 11.9 Å². The van der Waals surface area contributed by atoms with Crippen LogP contribution in [-0.4, -0.2) is 64.9 Å². The van der Waals surface area contributed by atoms with E-state index >= 15 is 0 Å². The standard InChI is InChI=1S/C31H37F2N5O3/c1-31(2,3)41-30(40)37-17-15-36(16-18-37)28-29(39)38(25-12-10-23(33)11-13-25)20-24(35-28)5-4-14-34-27-19-26(27)21-6-8-22(32)9-7-21/h6-13,20,26-27,34H,4-5,14-19H2,1-3H3/t26-,27+/m0/s1. The van der Waals surface area contributed by atoms with E-state index in [2.05, 4.69) is 5.32 Å². The highest BCUT2D eigenvalue weighted by Gasteiger charge is 2.37. The van der Waals surface area contributed by atoms with Crippen LogP contribution in [-0.2, 0) is 11.2 Å². The van der Waals surface area contributed by atoms with Crippen molar-refractivity contribution in [1.82, 2.24) is 19.8 Å². The zero-order chi connectivity index (χ0) is 29.1. The fourth-order valence-corrected chi connectivity index (χ4v) is 5.13. The summed E-state index contributed by atoms with van der Waals surface area (Å²) in [6.07, 6.45) is 3.85. The molecule has 1 aliphatic carbocycles. The summed E-state index contributed by atoms with van der Waals surface area (Å²) < 4.78 is 33.9. The van der Waals surface area contributed by atoms with Gasteiger partial charge in [0.25, 0.3) is 5.56 Å². The van der Waals surface area contributed by atoms with Crippen LogP contribution >= 0.6 is 0 Å². The van der Waals surface area contributed by atoms with Crippen molar-refractivity contribution in [1.29, 1.82) is 0 Å². The zero-order valence-electron chi connectivity index (χ0n) is 23.8. The molecule has 2 fully saturated rings. The van der Waals surface area contributed by atoms with Crippen LogP contribution in [0.25, 0.3) is 5.69 Å². The SMILES string of the molecule is CC(C)(C)OC(=O)N1CCN(c2nc(CCCN[C@@H]3C[C@H]3c3ccc(F)cc3)cn(-c3ccc(F)cc3)c2=O)CC1. The molecule has 3 aromatic rings. The molecule has 1 saturated heterocycles. The van der Waals surface area contributed by atoms with Crippen LogP contribution < -0.4 is 15.8 Å². The molecule has 1 N–H and O–H groups in total. The third-order valence-corrected chi connectivity index (χ3v) is 7.38. The van der Waals surface area contributed by atoms with E-state index in [1.165, 1.54) is 28.8 Å². The molecular formula is C31H37F2N5O3. The average molecular weight is 566 g/mol. The average Bonchev–Trinajstić information content (AvgIpc) is 3.71. The van der Waals surface area contributed by atoms with Crippen molar-refractivity contribution in [2.75, 3.05) is 37.6 Å². The normalized spacial score (nSPS) is 18.9. The molecule has 1 aliphatic heterocycles. The fraction of sp³-hybridized carbons (Fsp3) is 0.452. The topological polar surface area (TPSA) is 79.7 Å². The number of amides is 1. The first-order valence-corrected chi connectivity index (χ1v) is 14.2. The van der Waals surface area contributed by atoms with Gasteiger partial charge in [-0.2, -0.15) is 0 Å². The second kappa shape index (κ2) is 12.0. The van der Waals surface area contributed by atoms with Gasteiger partial charge in [-0.05, 0) is 88.5 Å². The minimum absolute atomic E-state index is 0.224. The largest absolute Gasteiger partial charge is 0.444 e. The number of ether oxygens (including phenoxy) is 1. The summed E-state index contributed by atoms with van der Waals surface area (Å²) in [4.78, 5) is 34.4. The van der Waals surface area contributed by atoms with Crippen LogP contribution in [0, 0.1) is 11.6 Å². The highest BCUT2D eigenvalue weighted by atomic mass is 19.1. The van der Waals surface area contributed by atoms with Gasteiger partial charge in [-0.3, -0.25) is 9.36 Å². The second-order valence-electron chi connectivity index (χ2n) is 11.7. The third kappa shape index (κ3) is 7.30. The lowest BCUT2D eigenvalue weighted by Gasteiger charge is -2.36. The number of carbonyl (C=O) groups excluding carboxylic acids is 1. The summed E-state index contributed by atoms with van der Waals surface area (Å²) in [6, 6.07) is 12.9. The van der Waals surface area contributed by atoms with E-state index < -0.39 is 5.60 Å². The van der Waals surface area contributed by atoms with Gasteiger partial charge in [-0.1, -0.05) is 12.1 Å². The summed E-state index contributed by atoms with van der Waals surface area (Å²) in [7, 11) is 0. The molecule has 0 radical (unpaired) electrons. The Labute approximate surface area is 238 Å². The van der Waals surface area contributed by atoms with E-state index in [9.17, 15) is 18.4 Å². The van der Waals surface area contributed by atoms with Crippen LogP contribution in [0.4, 0.5) is 19.4 Å². The first kappa shape index (κ1) is 28.7. The Kier molecular flexibility index (Phi) is 8.40. The minimum Gasteiger partial charge on any atom is -0.444 e. The van der Waals surface area contributed by atoms with Crippen molar-refractivity contribution < 1.29 is 18.3 Å². The molecule has 2 aromatic carbocycles. The maximum Gasteiger partial charge on any atom is 0.410 e. The number of anilines is 1. The maximum atomic E-state index is 13.6. The van der Waals surface area contributed by atoms with Gasteiger partial charge in [0.1, 0.15) is 17.2 Å². The molecule has 218 valence electrons. The second-order valence-corrected chi connectivity index (χ2v) is 11.7. The Bertz CT molecular complexity index is 1410. The molecule has 41 heavy (non-hydrogen) atoms. The fourth-order valence-electron chi connectivity index (χ4n) is 5.13. The Morgan fingerprint density at radius 1 is 1.00 bits per heavy atom. The predicted molar refractivity (Wildman–Crippen MR) is 154 cm³/mol. The van der Waals surface area contributed by atoms with E-state index in [1.54, 1.807) is 23.2 Å². The Morgan fingerprint density at radius 3 is 2.27 bits per heavy atom. The van der Waals surface area contributed by atoms with Crippen LogP contribution in [0.3, 0.4) is 0 Å². The Morgan fingerprint density at radius 2 is 1.63 bits per heavy atom. The number of piperazine rings is 1. The van der Waals surface area contributed by atoms with Gasteiger partial charge in [0.15, 0.2) is 5.82 Å². The number of hydrogen-bond acceptors (Lipinski definition) is 6. The minimum atomic E-state index is -0.580. The lowest BCUT2D eigenvalue weighted by Crippen LogP contribution is -2.51. The molecule has 10 heteroatoms. The number of nitrogens with zero attached hydrogens (tertiary/aromatic N) is 4. The van der Waals surface area contributed by atoms with Gasteiger partial charge in [-0.15, -0.1) is 0 Å². The number of halogens is 2.